The van der Waals surface area contributed by atoms with Gasteiger partial charge in [0.15, 0.2) is 0 Å². The van der Waals surface area contributed by atoms with Gasteiger partial charge in [-0.3, -0.25) is 4.79 Å². The van der Waals surface area contributed by atoms with E-state index in [1.165, 1.54) is 13.5 Å². The molecule has 5 nitrogen and oxygen atoms in total. The van der Waals surface area contributed by atoms with Crippen LogP contribution in [0.1, 0.15) is 49.0 Å². The van der Waals surface area contributed by atoms with Crippen molar-refractivity contribution in [1.82, 2.24) is 4.98 Å². The van der Waals surface area contributed by atoms with Crippen LogP contribution < -0.4 is 5.32 Å². The minimum atomic E-state index is -0.485. The van der Waals surface area contributed by atoms with Crippen LogP contribution >= 0.6 is 11.6 Å². The number of carbonyl (C=O) groups excluding carboxylic acids is 2. The molecule has 4 aliphatic carbocycles. The average molecular weight is 387 g/mol. The van der Waals surface area contributed by atoms with E-state index in [0.717, 1.165) is 43.0 Å². The summed E-state index contributed by atoms with van der Waals surface area (Å²) in [5.41, 5.74) is 1.18. The third-order valence-corrected chi connectivity index (χ3v) is 7.25. The van der Waals surface area contributed by atoms with E-state index in [1.54, 1.807) is 0 Å². The smallest absolute Gasteiger partial charge is 0.356 e. The van der Waals surface area contributed by atoms with Crippen LogP contribution in [-0.4, -0.2) is 28.8 Å². The second kappa shape index (κ2) is 5.74. The lowest BCUT2D eigenvalue weighted by Gasteiger charge is -2.59. The van der Waals surface area contributed by atoms with Crippen molar-refractivity contribution >= 4 is 40.1 Å². The Labute approximate surface area is 162 Å². The molecule has 1 heterocycles. The molecule has 6 rings (SSSR count). The molecule has 27 heavy (non-hydrogen) atoms. The maximum Gasteiger partial charge on any atom is 0.356 e. The highest BCUT2D eigenvalue weighted by Gasteiger charge is 2.60. The number of ether oxygens (including phenoxy) is 1. The summed E-state index contributed by atoms with van der Waals surface area (Å²) in [4.78, 5) is 28.6. The van der Waals surface area contributed by atoms with Gasteiger partial charge < -0.3 is 15.0 Å². The third-order valence-electron chi connectivity index (χ3n) is 6.81. The van der Waals surface area contributed by atoms with Gasteiger partial charge in [-0.05, 0) is 56.4 Å². The van der Waals surface area contributed by atoms with E-state index in [1.807, 2.05) is 24.3 Å². The number of hydrogen-bond donors (Lipinski definition) is 2. The van der Waals surface area contributed by atoms with Crippen molar-refractivity contribution in [3.63, 3.8) is 0 Å². The molecular formula is C21H23ClN2O3. The molecule has 0 radical (unpaired) electrons. The molecule has 4 fully saturated rings. The Morgan fingerprint density at radius 3 is 2.56 bits per heavy atom. The number of halogens is 1. The summed E-state index contributed by atoms with van der Waals surface area (Å²) >= 11 is 6.89. The van der Waals surface area contributed by atoms with E-state index in [2.05, 4.69) is 10.3 Å². The second-order valence-corrected chi connectivity index (χ2v) is 9.56. The number of methoxy groups -OCH3 is 1. The van der Waals surface area contributed by atoms with Crippen LogP contribution in [0.5, 0.6) is 0 Å². The highest BCUT2D eigenvalue weighted by molar-refractivity contribution is 6.24. The van der Waals surface area contributed by atoms with Gasteiger partial charge in [0.1, 0.15) is 5.69 Å². The number of para-hydroxylation sites is 1. The third kappa shape index (κ3) is 2.59. The Balaban J connectivity index is 1.52. The van der Waals surface area contributed by atoms with Crippen molar-refractivity contribution in [2.45, 2.75) is 43.4 Å². The number of aromatic amines is 1. The van der Waals surface area contributed by atoms with E-state index < -0.39 is 11.4 Å². The fourth-order valence-electron chi connectivity index (χ4n) is 6.19. The van der Waals surface area contributed by atoms with Crippen molar-refractivity contribution in [2.24, 2.45) is 17.3 Å². The van der Waals surface area contributed by atoms with Crippen LogP contribution in [0.15, 0.2) is 24.3 Å². The molecule has 4 atom stereocenters. The first-order valence-electron chi connectivity index (χ1n) is 9.61. The summed E-state index contributed by atoms with van der Waals surface area (Å²) in [5.74, 6) is 0.590. The molecule has 0 spiro atoms. The lowest BCUT2D eigenvalue weighted by molar-refractivity contribution is -0.138. The predicted octanol–water partition coefficient (Wildman–Crippen LogP) is 4.47. The first-order valence-corrected chi connectivity index (χ1v) is 9.99. The number of anilines is 1. The number of carbonyl (C=O) groups is 2. The number of aromatic nitrogens is 1. The van der Waals surface area contributed by atoms with Gasteiger partial charge in [0.05, 0.1) is 18.2 Å². The zero-order valence-corrected chi connectivity index (χ0v) is 16.1. The highest BCUT2D eigenvalue weighted by atomic mass is 35.5. The molecule has 2 aromatic rings. The molecule has 0 aliphatic heterocycles. The van der Waals surface area contributed by atoms with Gasteiger partial charge in [0.25, 0.3) is 0 Å². The van der Waals surface area contributed by atoms with Crippen LogP contribution in [0.3, 0.4) is 0 Å². The van der Waals surface area contributed by atoms with E-state index in [9.17, 15) is 9.59 Å². The average Bonchev–Trinajstić information content (AvgIpc) is 2.97. The Kier molecular flexibility index (Phi) is 3.64. The van der Waals surface area contributed by atoms with Gasteiger partial charge >= 0.3 is 5.97 Å². The van der Waals surface area contributed by atoms with Crippen LogP contribution in [0, 0.1) is 17.3 Å². The Bertz CT molecular complexity index is 936. The van der Waals surface area contributed by atoms with Crippen LogP contribution in [0.2, 0.25) is 0 Å². The van der Waals surface area contributed by atoms with Gasteiger partial charge in [0.2, 0.25) is 5.91 Å². The number of alkyl halides is 1. The molecule has 142 valence electrons. The summed E-state index contributed by atoms with van der Waals surface area (Å²) in [6, 6.07) is 7.57. The van der Waals surface area contributed by atoms with Crippen molar-refractivity contribution in [3.05, 3.63) is 30.0 Å². The van der Waals surface area contributed by atoms with Crippen molar-refractivity contribution in [1.29, 1.82) is 0 Å². The minimum Gasteiger partial charge on any atom is -0.464 e. The maximum absolute atomic E-state index is 13.5. The van der Waals surface area contributed by atoms with Gasteiger partial charge in [0, 0.05) is 15.8 Å². The quantitative estimate of drug-likeness (QED) is 0.603. The lowest BCUT2D eigenvalue weighted by Crippen LogP contribution is -2.57. The molecule has 6 heteroatoms. The summed E-state index contributed by atoms with van der Waals surface area (Å²) in [5, 5.41) is 3.91. The fourth-order valence-corrected chi connectivity index (χ4v) is 6.88. The largest absolute Gasteiger partial charge is 0.464 e. The highest BCUT2D eigenvalue weighted by Crippen LogP contribution is 2.64. The molecular weight excluding hydrogens is 364 g/mol. The predicted molar refractivity (Wildman–Crippen MR) is 104 cm³/mol. The van der Waals surface area contributed by atoms with E-state index in [-0.39, 0.29) is 16.5 Å². The molecule has 1 aromatic heterocycles. The number of rotatable bonds is 3. The number of fused-ring (bicyclic) bond motifs is 1. The molecule has 4 saturated carbocycles. The maximum atomic E-state index is 13.5. The zero-order valence-electron chi connectivity index (χ0n) is 15.3. The van der Waals surface area contributed by atoms with Crippen molar-refractivity contribution in [3.8, 4) is 0 Å². The number of amides is 1. The minimum absolute atomic E-state index is 0.00321. The van der Waals surface area contributed by atoms with Crippen molar-refractivity contribution in [2.75, 3.05) is 12.4 Å². The van der Waals surface area contributed by atoms with Gasteiger partial charge in [-0.1, -0.05) is 18.2 Å². The molecule has 4 aliphatic rings. The molecule has 4 bridgehead atoms. The fraction of sp³-hybridized carbons (Fsp3) is 0.524. The summed E-state index contributed by atoms with van der Waals surface area (Å²) in [6.45, 7) is 0. The number of nitrogens with one attached hydrogen (secondary N) is 2. The first kappa shape index (κ1) is 17.1. The molecule has 2 unspecified atom stereocenters. The molecule has 1 aromatic carbocycles. The summed E-state index contributed by atoms with van der Waals surface area (Å²) < 4.78 is 4.91. The van der Waals surface area contributed by atoms with Gasteiger partial charge in [-0.25, -0.2) is 4.79 Å². The number of H-pyrrole nitrogens is 1. The van der Waals surface area contributed by atoms with Gasteiger partial charge in [-0.2, -0.15) is 0 Å². The number of esters is 1. The topological polar surface area (TPSA) is 71.2 Å². The lowest BCUT2D eigenvalue weighted by atomic mass is 9.49. The number of benzene rings is 1. The van der Waals surface area contributed by atoms with E-state index in [4.69, 9.17) is 16.3 Å². The summed E-state index contributed by atoms with van der Waals surface area (Å²) in [6.07, 6.45) is 5.79. The van der Waals surface area contributed by atoms with Crippen LogP contribution in [-0.2, 0) is 9.53 Å². The molecule has 0 saturated heterocycles. The molecule has 1 amide bonds. The number of hydrogen-bond acceptors (Lipinski definition) is 3. The van der Waals surface area contributed by atoms with Crippen molar-refractivity contribution < 1.29 is 14.3 Å². The standard InChI is InChI=1S/C21H23ClN2O3/c1-27-18(25)17-16(14-4-2-3-5-15(14)23-17)24-19(26)20-7-12-6-13(8-20)10-21(22,9-12)11-20/h2-5,12-13,23H,6-11H2,1H3,(H,24,26)/t12-,13+,20?,21?. The van der Waals surface area contributed by atoms with Crippen LogP contribution in [0.25, 0.3) is 10.9 Å². The Morgan fingerprint density at radius 1 is 1.19 bits per heavy atom. The second-order valence-electron chi connectivity index (χ2n) is 8.76. The monoisotopic (exact) mass is 386 g/mol. The Morgan fingerprint density at radius 2 is 1.89 bits per heavy atom. The van der Waals surface area contributed by atoms with Crippen LogP contribution in [0.4, 0.5) is 5.69 Å². The first-order chi connectivity index (χ1) is 12.9. The SMILES string of the molecule is COC(=O)c1[nH]c2ccccc2c1NC(=O)C12C[C@@H]3C[C@@H](CC(Cl)(C3)C1)C2. The zero-order chi connectivity index (χ0) is 18.8. The van der Waals surface area contributed by atoms with Gasteiger partial charge in [-0.15, -0.1) is 11.6 Å². The Hall–Kier alpha value is -2.01. The summed E-state index contributed by atoms with van der Waals surface area (Å²) in [7, 11) is 1.34. The normalized spacial score (nSPS) is 34.0. The molecule has 2 N–H and O–H groups in total. The van der Waals surface area contributed by atoms with E-state index in [0.29, 0.717) is 17.5 Å². The van der Waals surface area contributed by atoms with E-state index >= 15 is 0 Å².